The van der Waals surface area contributed by atoms with E-state index in [1.54, 1.807) is 6.26 Å². The van der Waals surface area contributed by atoms with Crippen molar-refractivity contribution in [2.75, 3.05) is 0 Å². The van der Waals surface area contributed by atoms with Crippen LogP contribution in [0.1, 0.15) is 48.0 Å². The number of nitro benzene ring substituents is 1. The van der Waals surface area contributed by atoms with E-state index in [0.717, 1.165) is 24.2 Å². The van der Waals surface area contributed by atoms with Crippen molar-refractivity contribution >= 4 is 11.6 Å². The van der Waals surface area contributed by atoms with Gasteiger partial charge in [-0.3, -0.25) is 14.9 Å². The van der Waals surface area contributed by atoms with E-state index in [0.29, 0.717) is 5.56 Å². The maximum Gasteiger partial charge on any atom is 0.269 e. The van der Waals surface area contributed by atoms with Gasteiger partial charge in [0.2, 0.25) is 0 Å². The van der Waals surface area contributed by atoms with Gasteiger partial charge >= 0.3 is 0 Å². The minimum absolute atomic E-state index is 0.0301. The van der Waals surface area contributed by atoms with Gasteiger partial charge in [-0.25, -0.2) is 0 Å². The number of fused-ring (bicyclic) bond motifs is 1. The molecule has 1 amide bonds. The third-order valence-electron chi connectivity index (χ3n) is 4.20. The molecular formula is C17H18N2O4. The maximum atomic E-state index is 12.4. The Bertz CT molecular complexity index is 746. The van der Waals surface area contributed by atoms with Gasteiger partial charge in [0.05, 0.1) is 17.2 Å². The maximum absolute atomic E-state index is 12.4. The summed E-state index contributed by atoms with van der Waals surface area (Å²) in [4.78, 5) is 22.6. The Labute approximate surface area is 133 Å². The molecule has 23 heavy (non-hydrogen) atoms. The summed E-state index contributed by atoms with van der Waals surface area (Å²) in [6.45, 7) is 4.28. The molecule has 0 saturated heterocycles. The van der Waals surface area contributed by atoms with Crippen LogP contribution < -0.4 is 5.32 Å². The average Bonchev–Trinajstić information content (AvgIpc) is 2.94. The van der Waals surface area contributed by atoms with E-state index >= 15 is 0 Å². The molecule has 6 nitrogen and oxygen atoms in total. The summed E-state index contributed by atoms with van der Waals surface area (Å²) >= 11 is 0. The van der Waals surface area contributed by atoms with Crippen LogP contribution in [0.2, 0.25) is 0 Å². The number of furan rings is 1. The monoisotopic (exact) mass is 314 g/mol. The summed E-state index contributed by atoms with van der Waals surface area (Å²) < 4.78 is 5.52. The van der Waals surface area contributed by atoms with Crippen LogP contribution in [-0.2, 0) is 6.42 Å². The van der Waals surface area contributed by atoms with Crippen LogP contribution in [0.3, 0.4) is 0 Å². The molecular weight excluding hydrogens is 296 g/mol. The van der Waals surface area contributed by atoms with Gasteiger partial charge in [-0.2, -0.15) is 0 Å². The molecule has 2 aromatic rings. The lowest BCUT2D eigenvalue weighted by atomic mass is 9.74. The molecule has 0 aliphatic heterocycles. The van der Waals surface area contributed by atoms with E-state index in [1.807, 2.05) is 6.07 Å². The van der Waals surface area contributed by atoms with Crippen LogP contribution in [0.5, 0.6) is 0 Å². The fraction of sp³-hybridized carbons (Fsp3) is 0.353. The number of rotatable bonds is 3. The van der Waals surface area contributed by atoms with Crippen molar-refractivity contribution in [1.29, 1.82) is 0 Å². The van der Waals surface area contributed by atoms with Gasteiger partial charge in [0, 0.05) is 29.7 Å². The molecule has 3 rings (SSSR count). The Morgan fingerprint density at radius 1 is 1.30 bits per heavy atom. The van der Waals surface area contributed by atoms with E-state index < -0.39 is 4.92 Å². The van der Waals surface area contributed by atoms with Crippen molar-refractivity contribution in [3.63, 3.8) is 0 Å². The highest BCUT2D eigenvalue weighted by molar-refractivity contribution is 5.94. The highest BCUT2D eigenvalue weighted by atomic mass is 16.6. The minimum atomic E-state index is -0.483. The normalized spacial score (nSPS) is 19.0. The summed E-state index contributed by atoms with van der Waals surface area (Å²) in [5.74, 6) is 0.671. The topological polar surface area (TPSA) is 85.4 Å². The highest BCUT2D eigenvalue weighted by Gasteiger charge is 2.35. The molecule has 1 heterocycles. The summed E-state index contributed by atoms with van der Waals surface area (Å²) in [6, 6.07) is 7.39. The number of nitro groups is 1. The second-order valence-corrected chi connectivity index (χ2v) is 6.67. The van der Waals surface area contributed by atoms with Crippen molar-refractivity contribution in [2.45, 2.75) is 32.7 Å². The first kappa shape index (κ1) is 15.3. The summed E-state index contributed by atoms with van der Waals surface area (Å²) in [5.41, 5.74) is 1.43. The molecule has 1 aliphatic carbocycles. The first-order valence-corrected chi connectivity index (χ1v) is 7.47. The Hall–Kier alpha value is -2.63. The fourth-order valence-corrected chi connectivity index (χ4v) is 3.08. The van der Waals surface area contributed by atoms with E-state index in [9.17, 15) is 14.9 Å². The summed E-state index contributed by atoms with van der Waals surface area (Å²) in [6.07, 6.45) is 3.31. The molecule has 0 saturated carbocycles. The van der Waals surface area contributed by atoms with Gasteiger partial charge in [0.15, 0.2) is 0 Å². The van der Waals surface area contributed by atoms with Gasteiger partial charge in [0.1, 0.15) is 5.76 Å². The highest BCUT2D eigenvalue weighted by Crippen LogP contribution is 2.41. The third kappa shape index (κ3) is 3.11. The minimum Gasteiger partial charge on any atom is -0.469 e. The number of hydrogen-bond donors (Lipinski definition) is 1. The van der Waals surface area contributed by atoms with Gasteiger partial charge in [0.25, 0.3) is 11.6 Å². The van der Waals surface area contributed by atoms with Crippen molar-refractivity contribution in [1.82, 2.24) is 5.32 Å². The first-order chi connectivity index (χ1) is 10.9. The Balaban J connectivity index is 1.79. The quantitative estimate of drug-likeness (QED) is 0.692. The van der Waals surface area contributed by atoms with Crippen molar-refractivity contribution in [2.24, 2.45) is 5.41 Å². The van der Waals surface area contributed by atoms with E-state index in [1.165, 1.54) is 24.3 Å². The molecule has 1 aliphatic rings. The zero-order chi connectivity index (χ0) is 16.6. The molecule has 120 valence electrons. The van der Waals surface area contributed by atoms with Crippen molar-refractivity contribution in [3.05, 3.63) is 63.6 Å². The van der Waals surface area contributed by atoms with Gasteiger partial charge in [-0.1, -0.05) is 13.8 Å². The number of carbonyl (C=O) groups excluding carboxylic acids is 1. The molecule has 6 heteroatoms. The SMILES string of the molecule is CC1(C)Cc2occc2C(NC(=O)c2ccc([N+](=O)[O-])cc2)C1. The number of nitrogens with zero attached hydrogens (tertiary/aromatic N) is 1. The van der Waals surface area contributed by atoms with Crippen LogP contribution in [0, 0.1) is 15.5 Å². The van der Waals surface area contributed by atoms with Crippen LogP contribution in [0.15, 0.2) is 41.0 Å². The number of amides is 1. The second kappa shape index (κ2) is 5.53. The van der Waals surface area contributed by atoms with Crippen LogP contribution in [0.4, 0.5) is 5.69 Å². The molecule has 1 unspecified atom stereocenters. The second-order valence-electron chi connectivity index (χ2n) is 6.67. The van der Waals surface area contributed by atoms with Gasteiger partial charge < -0.3 is 9.73 Å². The largest absolute Gasteiger partial charge is 0.469 e. The molecule has 1 atom stereocenters. The zero-order valence-corrected chi connectivity index (χ0v) is 13.0. The average molecular weight is 314 g/mol. The molecule has 1 aromatic heterocycles. The third-order valence-corrected chi connectivity index (χ3v) is 4.20. The van der Waals surface area contributed by atoms with Crippen LogP contribution in [0.25, 0.3) is 0 Å². The lowest BCUT2D eigenvalue weighted by molar-refractivity contribution is -0.384. The van der Waals surface area contributed by atoms with Crippen LogP contribution >= 0.6 is 0 Å². The molecule has 0 bridgehead atoms. The Morgan fingerprint density at radius 2 is 2.00 bits per heavy atom. The number of nitrogens with one attached hydrogen (secondary N) is 1. The van der Waals surface area contributed by atoms with Crippen LogP contribution in [-0.4, -0.2) is 10.8 Å². The molecule has 0 spiro atoms. The van der Waals surface area contributed by atoms with E-state index in [2.05, 4.69) is 19.2 Å². The predicted molar refractivity (Wildman–Crippen MR) is 84.1 cm³/mol. The van der Waals surface area contributed by atoms with Gasteiger partial charge in [-0.15, -0.1) is 0 Å². The summed E-state index contributed by atoms with van der Waals surface area (Å²) in [5, 5.41) is 13.7. The summed E-state index contributed by atoms with van der Waals surface area (Å²) in [7, 11) is 0. The lowest BCUT2D eigenvalue weighted by Gasteiger charge is -2.34. The molecule has 0 fully saturated rings. The molecule has 0 radical (unpaired) electrons. The van der Waals surface area contributed by atoms with Crippen molar-refractivity contribution < 1.29 is 14.1 Å². The van der Waals surface area contributed by atoms with E-state index in [4.69, 9.17) is 4.42 Å². The number of benzene rings is 1. The Kier molecular flexibility index (Phi) is 3.67. The first-order valence-electron chi connectivity index (χ1n) is 7.47. The Morgan fingerprint density at radius 3 is 2.65 bits per heavy atom. The fourth-order valence-electron chi connectivity index (χ4n) is 3.08. The van der Waals surface area contributed by atoms with Gasteiger partial charge in [-0.05, 0) is 30.0 Å². The number of hydrogen-bond acceptors (Lipinski definition) is 4. The molecule has 1 aromatic carbocycles. The smallest absolute Gasteiger partial charge is 0.269 e. The van der Waals surface area contributed by atoms with E-state index in [-0.39, 0.29) is 23.1 Å². The standard InChI is InChI=1S/C17H18N2O4/c1-17(2)9-14(13-7-8-23-15(13)10-17)18-16(20)11-3-5-12(6-4-11)19(21)22/h3-8,14H,9-10H2,1-2H3,(H,18,20). The number of carbonyl (C=O) groups is 1. The number of non-ortho nitro benzene ring substituents is 1. The molecule has 1 N–H and O–H groups in total. The van der Waals surface area contributed by atoms with Crippen molar-refractivity contribution in [3.8, 4) is 0 Å². The predicted octanol–water partition coefficient (Wildman–Crippen LogP) is 3.63. The lowest BCUT2D eigenvalue weighted by Crippen LogP contribution is -2.36. The zero-order valence-electron chi connectivity index (χ0n) is 13.0.